The fraction of sp³-hybridized carbons (Fsp3) is 0.500. The van der Waals surface area contributed by atoms with E-state index in [9.17, 15) is 36.6 Å². The molecule has 0 bridgehead atoms. The van der Waals surface area contributed by atoms with Crippen molar-refractivity contribution in [2.75, 3.05) is 18.4 Å². The van der Waals surface area contributed by atoms with Crippen LogP contribution in [0.15, 0.2) is 35.2 Å². The predicted octanol–water partition coefficient (Wildman–Crippen LogP) is 4.31. The number of anilines is 1. The summed E-state index contributed by atoms with van der Waals surface area (Å²) in [5, 5.41) is 25.3. The van der Waals surface area contributed by atoms with Crippen molar-refractivity contribution in [3.8, 4) is 0 Å². The molecule has 2 aromatic rings. The molecule has 1 fully saturated rings. The molecule has 0 saturated heterocycles. The molecule has 1 saturated carbocycles. The summed E-state index contributed by atoms with van der Waals surface area (Å²) in [6.07, 6.45) is 0.228. The largest absolute Gasteiger partial charge is 0.392 e. The maximum absolute atomic E-state index is 13.7. The van der Waals surface area contributed by atoms with Gasteiger partial charge < -0.3 is 20.8 Å². The Balaban J connectivity index is 1.85. The smallest absolute Gasteiger partial charge is 0.255 e. The fourth-order valence-electron chi connectivity index (χ4n) is 5.06. The van der Waals surface area contributed by atoms with Gasteiger partial charge in [-0.25, -0.2) is 21.6 Å². The summed E-state index contributed by atoms with van der Waals surface area (Å²) in [6.45, 7) is 5.75. The molecule has 2 aromatic carbocycles. The summed E-state index contributed by atoms with van der Waals surface area (Å²) in [5.41, 5.74) is -1.66. The van der Waals surface area contributed by atoms with Crippen molar-refractivity contribution in [1.82, 2.24) is 5.32 Å². The second-order valence-electron chi connectivity index (χ2n) is 9.97. The van der Waals surface area contributed by atoms with Crippen LogP contribution in [0.2, 0.25) is 5.02 Å². The van der Waals surface area contributed by atoms with Crippen LogP contribution in [-0.4, -0.2) is 54.6 Å². The van der Waals surface area contributed by atoms with Crippen molar-refractivity contribution in [2.24, 2.45) is 11.8 Å². The minimum Gasteiger partial charge on any atom is -0.392 e. The normalized spacial score (nSPS) is 24.7. The van der Waals surface area contributed by atoms with E-state index in [-0.39, 0.29) is 53.0 Å². The number of hydrogen-bond acceptors (Lipinski definition) is 6. The van der Waals surface area contributed by atoms with Gasteiger partial charge in [-0.15, -0.1) is 0 Å². The molecule has 5 atom stereocenters. The van der Waals surface area contributed by atoms with Crippen molar-refractivity contribution < 1.29 is 36.6 Å². The van der Waals surface area contributed by atoms with Gasteiger partial charge in [-0.1, -0.05) is 31.9 Å². The Bertz CT molecular complexity index is 1270. The maximum atomic E-state index is 13.7. The molecule has 7 nitrogen and oxygen atoms in total. The molecule has 0 aliphatic heterocycles. The van der Waals surface area contributed by atoms with Crippen LogP contribution in [0.3, 0.4) is 0 Å². The first-order valence-electron chi connectivity index (χ1n) is 12.3. The number of halogens is 4. The molecule has 1 amide bonds. The lowest BCUT2D eigenvalue weighted by atomic mass is 9.67. The lowest BCUT2D eigenvalue weighted by molar-refractivity contribution is -0.0871. The van der Waals surface area contributed by atoms with Gasteiger partial charge in [-0.05, 0) is 49.8 Å². The summed E-state index contributed by atoms with van der Waals surface area (Å²) in [7, 11) is -4.05. The number of rotatable bonds is 9. The Hall–Kier alpha value is -2.18. The molecule has 12 heteroatoms. The average Bonchev–Trinajstić information content (AvgIpc) is 2.83. The highest BCUT2D eigenvalue weighted by molar-refractivity contribution is 7.92. The van der Waals surface area contributed by atoms with Gasteiger partial charge in [0.05, 0.1) is 26.9 Å². The third kappa shape index (κ3) is 6.34. The van der Waals surface area contributed by atoms with Gasteiger partial charge in [0.2, 0.25) is 0 Å². The van der Waals surface area contributed by atoms with Gasteiger partial charge in [-0.2, -0.15) is 0 Å². The Morgan fingerprint density at radius 2 is 1.82 bits per heavy atom. The minimum absolute atomic E-state index is 0.0967. The van der Waals surface area contributed by atoms with E-state index in [1.807, 2.05) is 6.92 Å². The van der Waals surface area contributed by atoms with E-state index in [0.29, 0.717) is 18.6 Å². The quantitative estimate of drug-likeness (QED) is 0.331. The van der Waals surface area contributed by atoms with Gasteiger partial charge in [0.1, 0.15) is 0 Å². The first-order chi connectivity index (χ1) is 17.7. The summed E-state index contributed by atoms with van der Waals surface area (Å²) in [6, 6.07) is 4.82. The number of sulfone groups is 1. The summed E-state index contributed by atoms with van der Waals surface area (Å²) in [5.74, 6) is -6.29. The molecule has 1 aliphatic rings. The molecule has 1 aliphatic carbocycles. The van der Waals surface area contributed by atoms with Gasteiger partial charge in [0.25, 0.3) is 5.91 Å². The van der Waals surface area contributed by atoms with E-state index in [1.165, 1.54) is 12.1 Å². The lowest BCUT2D eigenvalue weighted by Crippen LogP contribution is -2.57. The van der Waals surface area contributed by atoms with E-state index >= 15 is 0 Å². The standard InChI is InChI=1S/C26H32ClF3N2O5S/c1-4-17-9-19(7-14(2)26(17,35)13-31-12-15(3)33)38(36,37)23-8-16(5-6-20(23)27)25(34)32-18-10-21(28)24(30)22(29)11-18/h5-6,8,10-11,14-15,17,19,31,33,35H,4,7,9,12-13H2,1-3H3,(H,32,34)/t14-,15?,17?,19-,26-/m0/s1. The Kier molecular flexibility index (Phi) is 9.52. The summed E-state index contributed by atoms with van der Waals surface area (Å²) >= 11 is 6.25. The molecule has 4 N–H and O–H groups in total. The fourth-order valence-corrected chi connectivity index (χ4v) is 7.52. The van der Waals surface area contributed by atoms with E-state index in [1.54, 1.807) is 13.8 Å². The van der Waals surface area contributed by atoms with Crippen LogP contribution in [-0.2, 0) is 9.84 Å². The van der Waals surface area contributed by atoms with Crippen molar-refractivity contribution in [1.29, 1.82) is 0 Å². The monoisotopic (exact) mass is 576 g/mol. The van der Waals surface area contributed by atoms with Crippen LogP contribution < -0.4 is 10.6 Å². The molecule has 38 heavy (non-hydrogen) atoms. The van der Waals surface area contributed by atoms with E-state index < -0.39 is 56.1 Å². The van der Waals surface area contributed by atoms with Gasteiger partial charge >= 0.3 is 0 Å². The van der Waals surface area contributed by atoms with Crippen LogP contribution in [0.4, 0.5) is 18.9 Å². The number of nitrogens with one attached hydrogen (secondary N) is 2. The Morgan fingerprint density at radius 3 is 2.39 bits per heavy atom. The third-order valence-electron chi connectivity index (χ3n) is 7.25. The molecule has 0 heterocycles. The molecule has 0 aromatic heterocycles. The topological polar surface area (TPSA) is 116 Å². The molecule has 2 unspecified atom stereocenters. The summed E-state index contributed by atoms with van der Waals surface area (Å²) < 4.78 is 67.7. The van der Waals surface area contributed by atoms with Gasteiger partial charge in [0.15, 0.2) is 27.3 Å². The zero-order valence-electron chi connectivity index (χ0n) is 21.3. The molecule has 0 radical (unpaired) electrons. The molecule has 0 spiro atoms. The SMILES string of the molecule is CCC1C[C@@H](S(=O)(=O)c2cc(C(=O)Nc3cc(F)c(F)c(F)c3)ccc2Cl)C[C@H](C)[C@@]1(O)CNCC(C)O. The van der Waals surface area contributed by atoms with E-state index in [0.717, 1.165) is 6.07 Å². The molecule has 3 rings (SSSR count). The van der Waals surface area contributed by atoms with Crippen molar-refractivity contribution >= 4 is 33.0 Å². The van der Waals surface area contributed by atoms with Gasteiger partial charge in [0, 0.05) is 36.5 Å². The van der Waals surface area contributed by atoms with Crippen LogP contribution in [0.25, 0.3) is 0 Å². The molecule has 210 valence electrons. The Labute approximate surface area is 225 Å². The number of hydrogen-bond donors (Lipinski definition) is 4. The van der Waals surface area contributed by atoms with E-state index in [2.05, 4.69) is 10.6 Å². The Morgan fingerprint density at radius 1 is 1.18 bits per heavy atom. The number of carbonyl (C=O) groups excluding carboxylic acids is 1. The van der Waals surface area contributed by atoms with Crippen LogP contribution >= 0.6 is 11.6 Å². The van der Waals surface area contributed by atoms with Crippen molar-refractivity contribution in [3.63, 3.8) is 0 Å². The second kappa shape index (κ2) is 11.9. The predicted molar refractivity (Wildman–Crippen MR) is 138 cm³/mol. The number of amides is 1. The zero-order chi connectivity index (χ0) is 28.4. The first-order valence-corrected chi connectivity index (χ1v) is 14.2. The minimum atomic E-state index is -4.05. The number of carbonyl (C=O) groups is 1. The number of benzene rings is 2. The van der Waals surface area contributed by atoms with Crippen molar-refractivity contribution in [2.45, 2.75) is 61.9 Å². The molecular formula is C26H32ClF3N2O5S. The van der Waals surface area contributed by atoms with Gasteiger partial charge in [-0.3, -0.25) is 4.79 Å². The third-order valence-corrected chi connectivity index (χ3v) is 9.90. The van der Waals surface area contributed by atoms with Crippen LogP contribution in [0.5, 0.6) is 0 Å². The zero-order valence-corrected chi connectivity index (χ0v) is 22.8. The second-order valence-corrected chi connectivity index (χ2v) is 12.6. The summed E-state index contributed by atoms with van der Waals surface area (Å²) in [4.78, 5) is 12.5. The highest BCUT2D eigenvalue weighted by atomic mass is 35.5. The first kappa shape index (κ1) is 30.4. The average molecular weight is 577 g/mol. The van der Waals surface area contributed by atoms with Crippen LogP contribution in [0, 0.1) is 29.3 Å². The number of aliphatic hydroxyl groups is 2. The number of aliphatic hydroxyl groups excluding tert-OH is 1. The highest BCUT2D eigenvalue weighted by Crippen LogP contribution is 2.44. The van der Waals surface area contributed by atoms with Crippen LogP contribution in [0.1, 0.15) is 50.4 Å². The van der Waals surface area contributed by atoms with Crippen molar-refractivity contribution in [3.05, 3.63) is 58.4 Å². The lowest BCUT2D eigenvalue weighted by Gasteiger charge is -2.47. The van der Waals surface area contributed by atoms with E-state index in [4.69, 9.17) is 11.6 Å². The maximum Gasteiger partial charge on any atom is 0.255 e. The molecular weight excluding hydrogens is 545 g/mol. The highest BCUT2D eigenvalue weighted by Gasteiger charge is 2.49.